The Hall–Kier alpha value is -4.36. The number of hydrogen-bond donors (Lipinski definition) is 2. The van der Waals surface area contributed by atoms with Crippen LogP contribution in [0.3, 0.4) is 0 Å². The quantitative estimate of drug-likeness (QED) is 0.400. The predicted octanol–water partition coefficient (Wildman–Crippen LogP) is 5.05. The highest BCUT2D eigenvalue weighted by molar-refractivity contribution is 6.03. The van der Waals surface area contributed by atoms with Crippen molar-refractivity contribution in [1.82, 2.24) is 14.9 Å². The van der Waals surface area contributed by atoms with Gasteiger partial charge in [-0.05, 0) is 43.4 Å². The lowest BCUT2D eigenvalue weighted by atomic mass is 10.0. The van der Waals surface area contributed by atoms with Gasteiger partial charge in [0, 0.05) is 38.3 Å². The van der Waals surface area contributed by atoms with Gasteiger partial charge < -0.3 is 30.2 Å². The summed E-state index contributed by atoms with van der Waals surface area (Å²) in [6.45, 7) is 3.96. The largest absolute Gasteiger partial charge is 0.437 e. The van der Waals surface area contributed by atoms with Crippen LogP contribution in [0.25, 0.3) is 0 Å². The number of primary amides is 1. The summed E-state index contributed by atoms with van der Waals surface area (Å²) < 4.78 is 61.3. The van der Waals surface area contributed by atoms with Crippen molar-refractivity contribution in [3.05, 3.63) is 65.4 Å². The molecule has 42 heavy (non-hydrogen) atoms. The molecule has 2 aliphatic rings. The van der Waals surface area contributed by atoms with Crippen LogP contribution in [0.15, 0.2) is 47.0 Å². The molecule has 1 aromatic carbocycles. The Morgan fingerprint density at radius 3 is 2.48 bits per heavy atom. The molecule has 0 aliphatic carbocycles. The SMILES string of the molecule is CC1CCCN(c2nc(C(F)(F)F)c(C(=O)Nc3ccc(N4CCCN(C(N)=O)C(c5ccccc5F)C4)nc3)o2)C1. The van der Waals surface area contributed by atoms with E-state index in [-0.39, 0.29) is 24.2 Å². The third-order valence-corrected chi connectivity index (χ3v) is 7.49. The van der Waals surface area contributed by atoms with E-state index in [1.54, 1.807) is 29.2 Å². The van der Waals surface area contributed by atoms with Gasteiger partial charge >= 0.3 is 12.2 Å². The molecule has 5 rings (SSSR count). The van der Waals surface area contributed by atoms with E-state index in [0.717, 1.165) is 12.8 Å². The number of pyridine rings is 1. The molecule has 2 saturated heterocycles. The van der Waals surface area contributed by atoms with Gasteiger partial charge in [0.25, 0.3) is 11.9 Å². The summed E-state index contributed by atoms with van der Waals surface area (Å²) in [5.74, 6) is -1.77. The van der Waals surface area contributed by atoms with E-state index in [4.69, 9.17) is 10.2 Å². The van der Waals surface area contributed by atoms with Crippen molar-refractivity contribution in [3.63, 3.8) is 0 Å². The van der Waals surface area contributed by atoms with Crippen molar-refractivity contribution >= 4 is 29.5 Å². The molecule has 0 spiro atoms. The van der Waals surface area contributed by atoms with Crippen LogP contribution < -0.4 is 20.9 Å². The van der Waals surface area contributed by atoms with Crippen LogP contribution in [0, 0.1) is 11.7 Å². The second-order valence-corrected chi connectivity index (χ2v) is 10.6. The minimum Gasteiger partial charge on any atom is -0.417 e. The molecular weight excluding hydrogens is 558 g/mol. The van der Waals surface area contributed by atoms with Crippen LogP contribution in [0.1, 0.15) is 54.0 Å². The van der Waals surface area contributed by atoms with Gasteiger partial charge in [-0.1, -0.05) is 25.1 Å². The minimum absolute atomic E-state index is 0.139. The van der Waals surface area contributed by atoms with Crippen molar-refractivity contribution in [1.29, 1.82) is 0 Å². The second-order valence-electron chi connectivity index (χ2n) is 10.6. The number of carbonyl (C=O) groups excluding carboxylic acids is 2. The van der Waals surface area contributed by atoms with Crippen LogP contribution >= 0.6 is 0 Å². The van der Waals surface area contributed by atoms with Crippen molar-refractivity contribution < 1.29 is 31.6 Å². The van der Waals surface area contributed by atoms with E-state index in [2.05, 4.69) is 15.3 Å². The highest BCUT2D eigenvalue weighted by atomic mass is 19.4. The first-order valence-corrected chi connectivity index (χ1v) is 13.7. The van der Waals surface area contributed by atoms with E-state index in [9.17, 15) is 27.2 Å². The summed E-state index contributed by atoms with van der Waals surface area (Å²) in [7, 11) is 0. The van der Waals surface area contributed by atoms with Crippen LogP contribution in [-0.4, -0.2) is 59.5 Å². The molecule has 2 aromatic heterocycles. The number of rotatable bonds is 5. The molecule has 4 heterocycles. The number of aromatic nitrogens is 2. The highest BCUT2D eigenvalue weighted by Gasteiger charge is 2.42. The van der Waals surface area contributed by atoms with Crippen molar-refractivity contribution in [2.24, 2.45) is 11.7 Å². The number of benzene rings is 1. The van der Waals surface area contributed by atoms with Gasteiger partial charge in [-0.15, -0.1) is 0 Å². The fourth-order valence-electron chi connectivity index (χ4n) is 5.46. The molecule has 0 bridgehead atoms. The average molecular weight is 590 g/mol. The van der Waals surface area contributed by atoms with Gasteiger partial charge in [-0.3, -0.25) is 4.79 Å². The Kier molecular flexibility index (Phi) is 8.23. The number of nitrogens with zero attached hydrogens (tertiary/aromatic N) is 5. The number of nitrogens with two attached hydrogens (primary N) is 1. The molecule has 224 valence electrons. The topological polar surface area (TPSA) is 121 Å². The Morgan fingerprint density at radius 2 is 1.81 bits per heavy atom. The van der Waals surface area contributed by atoms with Crippen molar-refractivity contribution in [2.75, 3.05) is 47.8 Å². The van der Waals surface area contributed by atoms with Gasteiger partial charge in [-0.25, -0.2) is 14.2 Å². The lowest BCUT2D eigenvalue weighted by Gasteiger charge is -2.31. The van der Waals surface area contributed by atoms with Crippen molar-refractivity contribution in [2.45, 2.75) is 38.4 Å². The molecule has 2 atom stereocenters. The Balaban J connectivity index is 1.34. The fourth-order valence-corrected chi connectivity index (χ4v) is 5.46. The number of alkyl halides is 3. The molecule has 2 unspecified atom stereocenters. The Bertz CT molecular complexity index is 1430. The number of halogens is 4. The number of hydrogen-bond acceptors (Lipinski definition) is 7. The molecule has 14 heteroatoms. The zero-order valence-corrected chi connectivity index (χ0v) is 22.9. The van der Waals surface area contributed by atoms with Gasteiger partial charge in [0.05, 0.1) is 17.9 Å². The first-order valence-electron chi connectivity index (χ1n) is 13.7. The molecule has 10 nitrogen and oxygen atoms in total. The second kappa shape index (κ2) is 11.9. The van der Waals surface area contributed by atoms with Crippen LogP contribution in [0.5, 0.6) is 0 Å². The zero-order chi connectivity index (χ0) is 30.0. The molecule has 0 radical (unpaired) electrons. The maximum Gasteiger partial charge on any atom is 0.437 e. The number of urea groups is 1. The lowest BCUT2D eigenvalue weighted by Crippen LogP contribution is -2.42. The van der Waals surface area contributed by atoms with Crippen LogP contribution in [0.4, 0.5) is 39.9 Å². The van der Waals surface area contributed by atoms with Crippen LogP contribution in [0.2, 0.25) is 0 Å². The molecule has 2 fully saturated rings. The van der Waals surface area contributed by atoms with Crippen molar-refractivity contribution in [3.8, 4) is 0 Å². The molecule has 0 saturated carbocycles. The number of carbonyl (C=O) groups is 2. The third kappa shape index (κ3) is 6.26. The molecular formula is C28H31F4N7O3. The first-order chi connectivity index (χ1) is 20.0. The summed E-state index contributed by atoms with van der Waals surface area (Å²) in [6, 6.07) is 7.65. The van der Waals surface area contributed by atoms with E-state index < -0.39 is 41.4 Å². The van der Waals surface area contributed by atoms with E-state index in [0.29, 0.717) is 44.0 Å². The normalized spacial score (nSPS) is 19.9. The maximum absolute atomic E-state index is 14.7. The fraction of sp³-hybridized carbons (Fsp3) is 0.429. The minimum atomic E-state index is -4.89. The van der Waals surface area contributed by atoms with E-state index in [1.165, 1.54) is 23.2 Å². The molecule has 2 aliphatic heterocycles. The Labute approximate surface area is 239 Å². The number of nitrogens with one attached hydrogen (secondary N) is 1. The molecule has 3 aromatic rings. The summed E-state index contributed by atoms with van der Waals surface area (Å²) >= 11 is 0. The molecule has 3 amide bonds. The van der Waals surface area contributed by atoms with Gasteiger partial charge in [0.15, 0.2) is 5.69 Å². The summed E-state index contributed by atoms with van der Waals surface area (Å²) in [6.07, 6.45) is -1.32. The third-order valence-electron chi connectivity index (χ3n) is 7.49. The molecule has 3 N–H and O–H groups in total. The van der Waals surface area contributed by atoms with Gasteiger partial charge in [0.1, 0.15) is 11.6 Å². The van der Waals surface area contributed by atoms with E-state index >= 15 is 0 Å². The summed E-state index contributed by atoms with van der Waals surface area (Å²) in [5, 5.41) is 2.41. The standard InChI is InChI=1S/C28H31F4N7O3/c1-17-6-4-11-38(15-17)27-36-24(28(30,31)32)23(42-27)25(40)35-18-9-10-22(34-14-18)37-12-5-13-39(26(33)41)21(16-37)19-7-2-3-8-20(19)29/h2-3,7-10,14,17,21H,4-6,11-13,15-16H2,1H3,(H2,33,41)(H,35,40). The number of oxazole rings is 1. The van der Waals surface area contributed by atoms with E-state index in [1.807, 2.05) is 11.8 Å². The van der Waals surface area contributed by atoms with Gasteiger partial charge in [0.2, 0.25) is 5.76 Å². The van der Waals surface area contributed by atoms with Gasteiger partial charge in [-0.2, -0.15) is 18.2 Å². The first kappa shape index (κ1) is 29.1. The predicted molar refractivity (Wildman–Crippen MR) is 147 cm³/mol. The zero-order valence-electron chi connectivity index (χ0n) is 22.9. The Morgan fingerprint density at radius 1 is 1.05 bits per heavy atom. The summed E-state index contributed by atoms with van der Waals surface area (Å²) in [5.41, 5.74) is 4.67. The number of amides is 3. The smallest absolute Gasteiger partial charge is 0.417 e. The average Bonchev–Trinajstić information content (AvgIpc) is 3.30. The van der Waals surface area contributed by atoms with Crippen LogP contribution in [-0.2, 0) is 6.18 Å². The highest BCUT2D eigenvalue weighted by Crippen LogP contribution is 2.36. The monoisotopic (exact) mass is 589 g/mol. The lowest BCUT2D eigenvalue weighted by molar-refractivity contribution is -0.141. The number of piperidine rings is 1. The maximum atomic E-state index is 14.7. The number of anilines is 3. The summed E-state index contributed by atoms with van der Waals surface area (Å²) in [4.78, 5) is 38.0.